The molecule has 0 N–H and O–H groups in total. The Bertz CT molecular complexity index is 3100. The third kappa shape index (κ3) is 2.82. The monoisotopic (exact) mass is 603 g/mol. The summed E-state index contributed by atoms with van der Waals surface area (Å²) in [5.74, 6) is 1.77. The molecule has 0 aliphatic heterocycles. The second-order valence-electron chi connectivity index (χ2n) is 12.4. The van der Waals surface area contributed by atoms with E-state index in [1.165, 1.54) is 52.8 Å². The summed E-state index contributed by atoms with van der Waals surface area (Å²) in [6.45, 7) is 0. The Labute approximate surface area is 264 Å². The molecule has 6 heteroatoms. The summed E-state index contributed by atoms with van der Waals surface area (Å²) in [4.78, 5) is 10.6. The fourth-order valence-electron chi connectivity index (χ4n) is 7.81. The molecule has 0 spiro atoms. The van der Waals surface area contributed by atoms with Crippen LogP contribution in [0.1, 0.15) is 0 Å². The van der Waals surface area contributed by atoms with E-state index in [1.54, 1.807) is 0 Å². The van der Waals surface area contributed by atoms with Crippen LogP contribution in [-0.2, 0) is 0 Å². The van der Waals surface area contributed by atoms with Crippen LogP contribution in [0.4, 0.5) is 0 Å². The number of rotatable bonds is 1. The van der Waals surface area contributed by atoms with Crippen LogP contribution < -0.4 is 0 Å². The fraction of sp³-hybridized carbons (Fsp3) is 0. The molecular formula is C40H21N5S. The lowest BCUT2D eigenvalue weighted by Crippen LogP contribution is -1.89. The van der Waals surface area contributed by atoms with Crippen LogP contribution in [-0.4, -0.2) is 23.2 Å². The Morgan fingerprint density at radius 3 is 1.59 bits per heavy atom. The summed E-state index contributed by atoms with van der Waals surface area (Å²) in [5, 5.41) is 7.42. The van der Waals surface area contributed by atoms with Gasteiger partial charge in [-0.1, -0.05) is 72.8 Å². The molecule has 0 aliphatic rings. The summed E-state index contributed by atoms with van der Waals surface area (Å²) in [6, 6.07) is 46.4. The van der Waals surface area contributed by atoms with Gasteiger partial charge in [-0.2, -0.15) is 0 Å². The van der Waals surface area contributed by atoms with Gasteiger partial charge in [0, 0.05) is 20.2 Å². The van der Waals surface area contributed by atoms with E-state index >= 15 is 0 Å². The lowest BCUT2D eigenvalue weighted by molar-refractivity contribution is 1.15. The van der Waals surface area contributed by atoms with Crippen LogP contribution in [0.3, 0.4) is 0 Å². The highest BCUT2D eigenvalue weighted by Gasteiger charge is 2.25. The first-order chi connectivity index (χ1) is 22.8. The van der Waals surface area contributed by atoms with Crippen LogP contribution in [0.25, 0.3) is 103 Å². The van der Waals surface area contributed by atoms with Crippen molar-refractivity contribution in [1.29, 1.82) is 0 Å². The van der Waals surface area contributed by atoms with E-state index in [1.807, 2.05) is 11.3 Å². The van der Waals surface area contributed by atoms with Gasteiger partial charge in [0.15, 0.2) is 0 Å². The molecule has 0 atom stereocenters. The standard InChI is InChI=1S/C40H21N5S/c1-3-9-24-18-32-30(16-22(24)7-1)41-39-43(32)34-20-27(26-13-14-37-29(15-26)28-11-5-6-12-36(28)46-37)21-35-38(34)45(39)40-42-31-17-23-8-2-4-10-25(23)19-33(31)44(35)40/h1-21H. The topological polar surface area (TPSA) is 39.0 Å². The van der Waals surface area contributed by atoms with E-state index in [0.717, 1.165) is 50.2 Å². The SMILES string of the molecule is c1ccc2cc3c(cc2c1)nc1n3c2cc(-c3ccc4sc5ccccc5c4c3)cc3c2n1c1nc2cc4ccccc4cc2n31. The highest BCUT2D eigenvalue weighted by molar-refractivity contribution is 7.25. The average Bonchev–Trinajstić information content (AvgIpc) is 3.88. The second-order valence-corrected chi connectivity index (χ2v) is 13.5. The predicted octanol–water partition coefficient (Wildman–Crippen LogP) is 10.5. The minimum Gasteiger partial charge on any atom is -0.276 e. The maximum absolute atomic E-state index is 5.28. The van der Waals surface area contributed by atoms with Crippen molar-refractivity contribution in [3.05, 3.63) is 127 Å². The van der Waals surface area contributed by atoms with Crippen molar-refractivity contribution in [2.24, 2.45) is 0 Å². The molecule has 46 heavy (non-hydrogen) atoms. The van der Waals surface area contributed by atoms with Gasteiger partial charge in [0.05, 0.1) is 33.1 Å². The van der Waals surface area contributed by atoms with Gasteiger partial charge >= 0.3 is 0 Å². The molecule has 0 aliphatic carbocycles. The fourth-order valence-corrected chi connectivity index (χ4v) is 8.90. The highest BCUT2D eigenvalue weighted by Crippen LogP contribution is 2.41. The van der Waals surface area contributed by atoms with Gasteiger partial charge in [0.2, 0.25) is 11.6 Å². The summed E-state index contributed by atoms with van der Waals surface area (Å²) in [5.41, 5.74) is 9.97. The first kappa shape index (κ1) is 23.4. The molecule has 7 aromatic carbocycles. The summed E-state index contributed by atoms with van der Waals surface area (Å²) in [7, 11) is 0. The van der Waals surface area contributed by atoms with Gasteiger partial charge in [-0.15, -0.1) is 11.3 Å². The molecular weight excluding hydrogens is 583 g/mol. The third-order valence-electron chi connectivity index (χ3n) is 9.89. The van der Waals surface area contributed by atoms with E-state index in [9.17, 15) is 0 Å². The predicted molar refractivity (Wildman–Crippen MR) is 192 cm³/mol. The van der Waals surface area contributed by atoms with Crippen molar-refractivity contribution in [2.75, 3.05) is 0 Å². The normalized spacial score (nSPS) is 12.8. The maximum atomic E-state index is 5.28. The molecule has 5 aromatic heterocycles. The largest absolute Gasteiger partial charge is 0.276 e. The number of hydrogen-bond donors (Lipinski definition) is 0. The molecule has 0 fully saturated rings. The first-order valence-electron chi connectivity index (χ1n) is 15.5. The molecule has 212 valence electrons. The van der Waals surface area contributed by atoms with Crippen molar-refractivity contribution in [3.63, 3.8) is 0 Å². The Hall–Kier alpha value is -5.98. The first-order valence-corrected chi connectivity index (χ1v) is 16.3. The minimum atomic E-state index is 0.886. The molecule has 5 nitrogen and oxygen atoms in total. The van der Waals surface area contributed by atoms with Gasteiger partial charge in [-0.3, -0.25) is 8.80 Å². The molecule has 12 aromatic rings. The Morgan fingerprint density at radius 2 is 0.957 bits per heavy atom. The molecule has 0 radical (unpaired) electrons. The molecule has 5 heterocycles. The molecule has 0 unspecified atom stereocenters. The summed E-state index contributed by atoms with van der Waals surface area (Å²) in [6.07, 6.45) is 0. The highest BCUT2D eigenvalue weighted by atomic mass is 32.1. The smallest absolute Gasteiger partial charge is 0.223 e. The van der Waals surface area contributed by atoms with Gasteiger partial charge in [0.25, 0.3) is 0 Å². The van der Waals surface area contributed by atoms with Crippen LogP contribution in [0.15, 0.2) is 127 Å². The Kier molecular flexibility index (Phi) is 4.07. The number of thiophene rings is 1. The van der Waals surface area contributed by atoms with E-state index in [4.69, 9.17) is 9.97 Å². The Morgan fingerprint density at radius 1 is 0.413 bits per heavy atom. The van der Waals surface area contributed by atoms with Crippen molar-refractivity contribution in [2.45, 2.75) is 0 Å². The van der Waals surface area contributed by atoms with E-state index in [0.29, 0.717) is 0 Å². The van der Waals surface area contributed by atoms with Gasteiger partial charge in [-0.25, -0.2) is 14.4 Å². The zero-order chi connectivity index (χ0) is 29.7. The third-order valence-corrected chi connectivity index (χ3v) is 11.0. The van der Waals surface area contributed by atoms with Crippen LogP contribution in [0.2, 0.25) is 0 Å². The number of hydrogen-bond acceptors (Lipinski definition) is 3. The zero-order valence-corrected chi connectivity index (χ0v) is 25.1. The number of nitrogens with zero attached hydrogens (tertiary/aromatic N) is 5. The maximum Gasteiger partial charge on any atom is 0.223 e. The number of aromatic nitrogens is 5. The minimum absolute atomic E-state index is 0.886. The molecule has 0 saturated heterocycles. The van der Waals surface area contributed by atoms with Gasteiger partial charge < -0.3 is 0 Å². The van der Waals surface area contributed by atoms with Gasteiger partial charge in [0.1, 0.15) is 5.52 Å². The summed E-state index contributed by atoms with van der Waals surface area (Å²) < 4.78 is 9.57. The quantitative estimate of drug-likeness (QED) is 0.187. The van der Waals surface area contributed by atoms with E-state index in [-0.39, 0.29) is 0 Å². The van der Waals surface area contributed by atoms with Crippen LogP contribution in [0, 0.1) is 0 Å². The number of benzene rings is 7. The molecule has 12 rings (SSSR count). The lowest BCUT2D eigenvalue weighted by atomic mass is 10.0. The van der Waals surface area contributed by atoms with Crippen LogP contribution >= 0.6 is 11.3 Å². The second kappa shape index (κ2) is 7.99. The number of fused-ring (bicyclic) bond motifs is 15. The van der Waals surface area contributed by atoms with Crippen LogP contribution in [0.5, 0.6) is 0 Å². The number of imidazole rings is 4. The summed E-state index contributed by atoms with van der Waals surface area (Å²) >= 11 is 1.86. The average molecular weight is 604 g/mol. The van der Waals surface area contributed by atoms with E-state index in [2.05, 4.69) is 141 Å². The van der Waals surface area contributed by atoms with Crippen molar-refractivity contribution in [3.8, 4) is 11.1 Å². The van der Waals surface area contributed by atoms with Crippen molar-refractivity contribution >= 4 is 103 Å². The molecule has 0 amide bonds. The van der Waals surface area contributed by atoms with Crippen molar-refractivity contribution < 1.29 is 0 Å². The zero-order valence-electron chi connectivity index (χ0n) is 24.3. The van der Waals surface area contributed by atoms with Gasteiger partial charge in [-0.05, 0) is 87.3 Å². The Balaban J connectivity index is 1.27. The molecule has 0 bridgehead atoms. The molecule has 0 saturated carbocycles. The van der Waals surface area contributed by atoms with E-state index < -0.39 is 0 Å². The van der Waals surface area contributed by atoms with Crippen molar-refractivity contribution in [1.82, 2.24) is 23.2 Å². The lowest BCUT2D eigenvalue weighted by Gasteiger charge is -2.06.